The summed E-state index contributed by atoms with van der Waals surface area (Å²) in [4.78, 5) is 2.30. The molecular weight excluding hydrogens is 308 g/mol. The van der Waals surface area contributed by atoms with Crippen LogP contribution in [0.25, 0.3) is 0 Å². The van der Waals surface area contributed by atoms with E-state index in [-0.39, 0.29) is 24.9 Å². The summed E-state index contributed by atoms with van der Waals surface area (Å²) in [6, 6.07) is 8.39. The van der Waals surface area contributed by atoms with E-state index in [2.05, 4.69) is 33.0 Å². The summed E-state index contributed by atoms with van der Waals surface area (Å²) >= 11 is 3.50. The number of aliphatic hydroxyl groups is 1. The molecule has 1 aromatic carbocycles. The van der Waals surface area contributed by atoms with Gasteiger partial charge < -0.3 is 15.6 Å². The highest BCUT2D eigenvalue weighted by molar-refractivity contribution is 9.10. The quantitative estimate of drug-likeness (QED) is 0.880. The summed E-state index contributed by atoms with van der Waals surface area (Å²) in [5, 5.41) is 9.31. The SMILES string of the molecule is CC1CN(C(CN)c2cccc(Br)c2)CC(CO)O1. The third kappa shape index (κ3) is 3.77. The van der Waals surface area contributed by atoms with Gasteiger partial charge in [-0.1, -0.05) is 28.1 Å². The summed E-state index contributed by atoms with van der Waals surface area (Å²) in [6.45, 7) is 4.20. The molecule has 0 radical (unpaired) electrons. The minimum absolute atomic E-state index is 0.0522. The average Bonchev–Trinajstić information content (AvgIpc) is 2.39. The van der Waals surface area contributed by atoms with E-state index in [1.165, 1.54) is 5.56 Å². The van der Waals surface area contributed by atoms with Gasteiger partial charge in [0, 0.05) is 30.1 Å². The Hall–Kier alpha value is -0.460. The van der Waals surface area contributed by atoms with Crippen LogP contribution in [0, 0.1) is 0 Å². The Kier molecular flexibility index (Phi) is 5.36. The van der Waals surface area contributed by atoms with E-state index in [9.17, 15) is 5.11 Å². The summed E-state index contributed by atoms with van der Waals surface area (Å²) in [6.07, 6.45) is -0.00273. The molecule has 1 heterocycles. The van der Waals surface area contributed by atoms with Gasteiger partial charge in [0.05, 0.1) is 18.8 Å². The van der Waals surface area contributed by atoms with Crippen molar-refractivity contribution in [2.24, 2.45) is 5.73 Å². The molecule has 1 fully saturated rings. The minimum atomic E-state index is -0.120. The van der Waals surface area contributed by atoms with Gasteiger partial charge in [0.1, 0.15) is 0 Å². The van der Waals surface area contributed by atoms with Crippen LogP contribution >= 0.6 is 15.9 Å². The number of hydrogen-bond donors (Lipinski definition) is 2. The van der Waals surface area contributed by atoms with Crippen molar-refractivity contribution in [3.05, 3.63) is 34.3 Å². The molecule has 0 aromatic heterocycles. The van der Waals surface area contributed by atoms with Crippen LogP contribution in [0.1, 0.15) is 18.5 Å². The zero-order valence-corrected chi connectivity index (χ0v) is 12.7. The lowest BCUT2D eigenvalue weighted by molar-refractivity contribution is -0.105. The Labute approximate surface area is 122 Å². The van der Waals surface area contributed by atoms with Crippen molar-refractivity contribution in [2.75, 3.05) is 26.2 Å². The maximum absolute atomic E-state index is 9.31. The highest BCUT2D eigenvalue weighted by Gasteiger charge is 2.29. The Bertz CT molecular complexity index is 416. The third-order valence-electron chi connectivity index (χ3n) is 3.46. The van der Waals surface area contributed by atoms with Crippen molar-refractivity contribution in [1.82, 2.24) is 4.90 Å². The lowest BCUT2D eigenvalue weighted by Crippen LogP contribution is -2.50. The van der Waals surface area contributed by atoms with Crippen LogP contribution in [0.2, 0.25) is 0 Å². The van der Waals surface area contributed by atoms with Crippen molar-refractivity contribution in [1.29, 1.82) is 0 Å². The van der Waals surface area contributed by atoms with Crippen molar-refractivity contribution < 1.29 is 9.84 Å². The summed E-state index contributed by atoms with van der Waals surface area (Å²) < 4.78 is 6.74. The molecule has 19 heavy (non-hydrogen) atoms. The van der Waals surface area contributed by atoms with E-state index >= 15 is 0 Å². The number of rotatable bonds is 4. The first-order valence-corrected chi connectivity index (χ1v) is 7.39. The van der Waals surface area contributed by atoms with Crippen molar-refractivity contribution >= 4 is 15.9 Å². The third-order valence-corrected chi connectivity index (χ3v) is 3.95. The maximum atomic E-state index is 9.31. The fourth-order valence-electron chi connectivity index (χ4n) is 2.65. The molecule has 1 aliphatic heterocycles. The zero-order chi connectivity index (χ0) is 13.8. The smallest absolute Gasteiger partial charge is 0.0936 e. The summed E-state index contributed by atoms with van der Waals surface area (Å²) in [7, 11) is 0. The second-order valence-electron chi connectivity index (χ2n) is 5.01. The van der Waals surface area contributed by atoms with Gasteiger partial charge in [-0.05, 0) is 24.6 Å². The highest BCUT2D eigenvalue weighted by Crippen LogP contribution is 2.26. The zero-order valence-electron chi connectivity index (χ0n) is 11.1. The molecule has 0 aliphatic carbocycles. The molecule has 3 atom stereocenters. The first kappa shape index (κ1) is 14.9. The highest BCUT2D eigenvalue weighted by atomic mass is 79.9. The number of morpholine rings is 1. The molecule has 1 aliphatic rings. The van der Waals surface area contributed by atoms with Gasteiger partial charge >= 0.3 is 0 Å². The predicted octanol–water partition coefficient (Wildman–Crippen LogP) is 1.53. The molecule has 5 heteroatoms. The maximum Gasteiger partial charge on any atom is 0.0936 e. The molecular formula is C14H21BrN2O2. The van der Waals surface area contributed by atoms with E-state index in [1.54, 1.807) is 0 Å². The molecule has 3 N–H and O–H groups in total. The second-order valence-corrected chi connectivity index (χ2v) is 5.93. The minimum Gasteiger partial charge on any atom is -0.394 e. The fraction of sp³-hybridized carbons (Fsp3) is 0.571. The molecule has 0 bridgehead atoms. The number of nitrogens with zero attached hydrogens (tertiary/aromatic N) is 1. The van der Waals surface area contributed by atoms with Crippen LogP contribution in [0.15, 0.2) is 28.7 Å². The van der Waals surface area contributed by atoms with E-state index in [4.69, 9.17) is 10.5 Å². The van der Waals surface area contributed by atoms with Crippen LogP contribution in [-0.2, 0) is 4.74 Å². The first-order valence-electron chi connectivity index (χ1n) is 6.60. The molecule has 4 nitrogen and oxygen atoms in total. The molecule has 1 aromatic rings. The topological polar surface area (TPSA) is 58.7 Å². The van der Waals surface area contributed by atoms with Crippen molar-refractivity contribution in [2.45, 2.75) is 25.2 Å². The number of benzene rings is 1. The lowest BCUT2D eigenvalue weighted by Gasteiger charge is -2.40. The van der Waals surface area contributed by atoms with Gasteiger partial charge in [-0.2, -0.15) is 0 Å². The summed E-state index contributed by atoms with van der Waals surface area (Å²) in [5.74, 6) is 0. The monoisotopic (exact) mass is 328 g/mol. The van der Waals surface area contributed by atoms with Crippen LogP contribution in [-0.4, -0.2) is 48.5 Å². The molecule has 3 unspecified atom stereocenters. The van der Waals surface area contributed by atoms with Crippen LogP contribution in [0.4, 0.5) is 0 Å². The van der Waals surface area contributed by atoms with Crippen LogP contribution < -0.4 is 5.73 Å². The number of halogens is 1. The van der Waals surface area contributed by atoms with Gasteiger partial charge in [0.15, 0.2) is 0 Å². The molecule has 1 saturated heterocycles. The number of aliphatic hydroxyl groups excluding tert-OH is 1. The van der Waals surface area contributed by atoms with Crippen LogP contribution in [0.5, 0.6) is 0 Å². The normalized spacial score (nSPS) is 26.3. The van der Waals surface area contributed by atoms with E-state index in [0.29, 0.717) is 6.54 Å². The standard InChI is InChI=1S/C14H21BrN2O2/c1-10-7-17(8-13(9-18)19-10)14(6-16)11-3-2-4-12(15)5-11/h2-5,10,13-14,18H,6-9,16H2,1H3. The van der Waals surface area contributed by atoms with Gasteiger partial charge in [0.2, 0.25) is 0 Å². The Balaban J connectivity index is 2.16. The van der Waals surface area contributed by atoms with Gasteiger partial charge in [-0.3, -0.25) is 4.90 Å². The van der Waals surface area contributed by atoms with E-state index in [1.807, 2.05) is 19.1 Å². The first-order chi connectivity index (χ1) is 9.13. The molecule has 2 rings (SSSR count). The predicted molar refractivity (Wildman–Crippen MR) is 78.9 cm³/mol. The fourth-order valence-corrected chi connectivity index (χ4v) is 3.06. The Morgan fingerprint density at radius 1 is 1.53 bits per heavy atom. The van der Waals surface area contributed by atoms with Crippen molar-refractivity contribution in [3.63, 3.8) is 0 Å². The van der Waals surface area contributed by atoms with Crippen molar-refractivity contribution in [3.8, 4) is 0 Å². The van der Waals surface area contributed by atoms with Gasteiger partial charge in [0.25, 0.3) is 0 Å². The molecule has 0 saturated carbocycles. The van der Waals surface area contributed by atoms with E-state index < -0.39 is 0 Å². The second kappa shape index (κ2) is 6.81. The van der Waals surface area contributed by atoms with Gasteiger partial charge in [-0.25, -0.2) is 0 Å². The Morgan fingerprint density at radius 2 is 2.32 bits per heavy atom. The number of nitrogens with two attached hydrogens (primary N) is 1. The Morgan fingerprint density at radius 3 is 2.95 bits per heavy atom. The van der Waals surface area contributed by atoms with Gasteiger partial charge in [-0.15, -0.1) is 0 Å². The number of hydrogen-bond acceptors (Lipinski definition) is 4. The van der Waals surface area contributed by atoms with E-state index in [0.717, 1.165) is 17.6 Å². The molecule has 0 amide bonds. The lowest BCUT2D eigenvalue weighted by atomic mass is 10.0. The average molecular weight is 329 g/mol. The largest absolute Gasteiger partial charge is 0.394 e. The summed E-state index contributed by atoms with van der Waals surface area (Å²) in [5.41, 5.74) is 7.15. The molecule has 0 spiro atoms. The molecule has 106 valence electrons. The number of ether oxygens (including phenoxy) is 1. The van der Waals surface area contributed by atoms with Crippen LogP contribution in [0.3, 0.4) is 0 Å².